The Morgan fingerprint density at radius 2 is 0.574 bits per heavy atom. The summed E-state index contributed by atoms with van der Waals surface area (Å²) in [5.41, 5.74) is 0. The molecule has 0 bridgehead atoms. The molecular weight excluding hydrogens is 1230 g/mol. The smallest absolute Gasteiger partial charge is 0.462 e. The van der Waals surface area contributed by atoms with Gasteiger partial charge in [-0.05, 0) is 57.3 Å². The number of esters is 4. The zero-order chi connectivity index (χ0) is 69.1. The average molecular weight is 1380 g/mol. The lowest BCUT2D eigenvalue weighted by molar-refractivity contribution is -0.161. The Balaban J connectivity index is 5.28. The average Bonchev–Trinajstić information content (AvgIpc) is 3.63. The van der Waals surface area contributed by atoms with Crippen molar-refractivity contribution in [3.8, 4) is 0 Å². The molecule has 94 heavy (non-hydrogen) atoms. The van der Waals surface area contributed by atoms with E-state index in [0.717, 1.165) is 115 Å². The minimum absolute atomic E-state index is 0.101. The quantitative estimate of drug-likeness (QED) is 0.0169. The Morgan fingerprint density at radius 3 is 0.872 bits per heavy atom. The first-order valence-electron chi connectivity index (χ1n) is 38.5. The Bertz CT molecular complexity index is 1900. The molecule has 0 amide bonds. The van der Waals surface area contributed by atoms with Crippen LogP contribution >= 0.6 is 15.6 Å². The fourth-order valence-electron chi connectivity index (χ4n) is 11.0. The molecule has 0 aromatic carbocycles. The molecule has 0 spiro atoms. The van der Waals surface area contributed by atoms with Crippen molar-refractivity contribution >= 4 is 39.5 Å². The SMILES string of the molecule is CCCCCC/C=C\C=C/CCCCCCCC(=O)OC[C@H](COP(=O)(O)OC[C@@H](O)COP(=O)(O)OC[C@@H](COC(=O)CCCCCCCCCCCC)OC(=O)CCCCCCCCCCCCCC)OC(=O)CCCCCCCCCCCCCCCCC(C)C. The van der Waals surface area contributed by atoms with Gasteiger partial charge in [0.15, 0.2) is 12.2 Å². The van der Waals surface area contributed by atoms with Gasteiger partial charge in [-0.2, -0.15) is 0 Å². The molecule has 0 heterocycles. The van der Waals surface area contributed by atoms with E-state index in [9.17, 15) is 43.2 Å². The monoisotopic (exact) mass is 1380 g/mol. The maximum atomic E-state index is 13.1. The number of ether oxygens (including phenoxy) is 4. The molecule has 0 fully saturated rings. The van der Waals surface area contributed by atoms with Crippen molar-refractivity contribution in [2.75, 3.05) is 39.6 Å². The van der Waals surface area contributed by atoms with Crippen LogP contribution in [0.4, 0.5) is 0 Å². The first-order chi connectivity index (χ1) is 45.5. The summed E-state index contributed by atoms with van der Waals surface area (Å²) in [4.78, 5) is 72.7. The molecule has 17 nitrogen and oxygen atoms in total. The molecular formula is C75H142O17P2. The lowest BCUT2D eigenvalue weighted by Gasteiger charge is -2.21. The third kappa shape index (κ3) is 68.1. The summed E-state index contributed by atoms with van der Waals surface area (Å²) in [5.74, 6) is -1.35. The molecule has 0 aliphatic heterocycles. The van der Waals surface area contributed by atoms with Crippen LogP contribution in [0.1, 0.15) is 369 Å². The van der Waals surface area contributed by atoms with Crippen molar-refractivity contribution in [3.05, 3.63) is 24.3 Å². The Kier molecular flexibility index (Phi) is 65.9. The van der Waals surface area contributed by atoms with Crippen LogP contribution in [0.3, 0.4) is 0 Å². The molecule has 5 atom stereocenters. The summed E-state index contributed by atoms with van der Waals surface area (Å²) >= 11 is 0. The maximum Gasteiger partial charge on any atom is 0.472 e. The number of phosphoric ester groups is 2. The second-order valence-electron chi connectivity index (χ2n) is 26.8. The molecule has 3 N–H and O–H groups in total. The van der Waals surface area contributed by atoms with Crippen LogP contribution in [0.25, 0.3) is 0 Å². The number of carbonyl (C=O) groups is 4. The van der Waals surface area contributed by atoms with Crippen molar-refractivity contribution in [2.45, 2.75) is 387 Å². The third-order valence-electron chi connectivity index (χ3n) is 16.9. The van der Waals surface area contributed by atoms with Crippen molar-refractivity contribution in [1.29, 1.82) is 0 Å². The predicted molar refractivity (Wildman–Crippen MR) is 381 cm³/mol. The van der Waals surface area contributed by atoms with Crippen molar-refractivity contribution < 1.29 is 80.2 Å². The number of aliphatic hydroxyl groups is 1. The van der Waals surface area contributed by atoms with Gasteiger partial charge in [-0.15, -0.1) is 0 Å². The molecule has 0 saturated carbocycles. The molecule has 0 aromatic heterocycles. The lowest BCUT2D eigenvalue weighted by atomic mass is 10.0. The van der Waals surface area contributed by atoms with Crippen LogP contribution in [0, 0.1) is 5.92 Å². The molecule has 0 saturated heterocycles. The Hall–Kier alpha value is -2.46. The first kappa shape index (κ1) is 91.5. The summed E-state index contributed by atoms with van der Waals surface area (Å²) in [7, 11) is -9.92. The number of phosphoric acid groups is 2. The zero-order valence-corrected chi connectivity index (χ0v) is 62.4. The lowest BCUT2D eigenvalue weighted by Crippen LogP contribution is -2.30. The van der Waals surface area contributed by atoms with Gasteiger partial charge in [0.1, 0.15) is 19.3 Å². The second-order valence-corrected chi connectivity index (χ2v) is 29.7. The van der Waals surface area contributed by atoms with Crippen molar-refractivity contribution in [2.24, 2.45) is 5.92 Å². The van der Waals surface area contributed by atoms with E-state index in [1.165, 1.54) is 173 Å². The van der Waals surface area contributed by atoms with Crippen molar-refractivity contribution in [3.63, 3.8) is 0 Å². The van der Waals surface area contributed by atoms with Crippen LogP contribution in [-0.4, -0.2) is 96.7 Å². The first-order valence-corrected chi connectivity index (χ1v) is 41.4. The van der Waals surface area contributed by atoms with Gasteiger partial charge in [0.05, 0.1) is 26.4 Å². The second kappa shape index (κ2) is 67.7. The molecule has 2 unspecified atom stereocenters. The third-order valence-corrected chi connectivity index (χ3v) is 18.8. The fourth-order valence-corrected chi connectivity index (χ4v) is 12.6. The predicted octanol–water partition coefficient (Wildman–Crippen LogP) is 21.6. The highest BCUT2D eigenvalue weighted by Crippen LogP contribution is 2.45. The number of hydrogen-bond donors (Lipinski definition) is 3. The number of aliphatic hydroxyl groups excluding tert-OH is 1. The van der Waals surface area contributed by atoms with Gasteiger partial charge >= 0.3 is 39.5 Å². The zero-order valence-electron chi connectivity index (χ0n) is 60.6. The Labute approximate surface area is 573 Å². The van der Waals surface area contributed by atoms with Gasteiger partial charge in [0, 0.05) is 25.7 Å². The fraction of sp³-hybridized carbons (Fsp3) is 0.893. The molecule has 0 rings (SSSR count). The van der Waals surface area contributed by atoms with Gasteiger partial charge in [-0.1, -0.05) is 316 Å². The van der Waals surface area contributed by atoms with Crippen LogP contribution in [-0.2, 0) is 65.4 Å². The molecule has 0 aliphatic carbocycles. The van der Waals surface area contributed by atoms with Crippen molar-refractivity contribution in [1.82, 2.24) is 0 Å². The molecule has 554 valence electrons. The van der Waals surface area contributed by atoms with E-state index in [-0.39, 0.29) is 25.7 Å². The number of rotatable bonds is 73. The standard InChI is InChI=1S/C75H142O17P2/c1-6-9-12-15-18-21-24-26-27-31-35-39-44-49-54-59-73(78)86-65-71(92-75(80)61-56-51-46-41-36-32-29-28-30-33-37-42-47-52-57-68(4)5)67-90-94(83,84)88-63-69(76)62-87-93(81,82)89-66-70(64-85-72(77)58-53-48-43-38-23-20-17-14-11-8-3)91-74(79)60-55-50-45-40-34-25-22-19-16-13-10-7-2/h21,24,26-27,68-71,76H,6-20,22-23,25,28-67H2,1-5H3,(H,81,82)(H,83,84)/b24-21-,27-26-/t69-,70+,71+/m0/s1. The topological polar surface area (TPSA) is 237 Å². The van der Waals surface area contributed by atoms with E-state index in [1.807, 2.05) is 0 Å². The molecule has 0 aromatic rings. The summed E-state index contributed by atoms with van der Waals surface area (Å²) in [6.07, 6.45) is 58.9. The largest absolute Gasteiger partial charge is 0.472 e. The highest BCUT2D eigenvalue weighted by atomic mass is 31.2. The van der Waals surface area contributed by atoms with E-state index in [2.05, 4.69) is 58.9 Å². The van der Waals surface area contributed by atoms with Crippen LogP contribution in [0.15, 0.2) is 24.3 Å². The summed E-state index contributed by atoms with van der Waals surface area (Å²) in [6, 6.07) is 0. The van der Waals surface area contributed by atoms with Gasteiger partial charge in [0.2, 0.25) is 0 Å². The number of allylic oxidation sites excluding steroid dienone is 4. The van der Waals surface area contributed by atoms with Gasteiger partial charge < -0.3 is 33.8 Å². The molecule has 0 aliphatic rings. The highest BCUT2D eigenvalue weighted by Gasteiger charge is 2.30. The van der Waals surface area contributed by atoms with E-state index in [1.54, 1.807) is 0 Å². The number of unbranched alkanes of at least 4 members (excludes halogenated alkanes) is 42. The highest BCUT2D eigenvalue weighted by molar-refractivity contribution is 7.47. The summed E-state index contributed by atoms with van der Waals surface area (Å²) in [6.45, 7) is 7.23. The van der Waals surface area contributed by atoms with Crippen LogP contribution in [0.5, 0.6) is 0 Å². The van der Waals surface area contributed by atoms with Gasteiger partial charge in [-0.25, -0.2) is 9.13 Å². The molecule has 0 radical (unpaired) electrons. The normalized spacial score (nSPS) is 14.1. The van der Waals surface area contributed by atoms with Crippen LogP contribution in [0.2, 0.25) is 0 Å². The van der Waals surface area contributed by atoms with Gasteiger partial charge in [-0.3, -0.25) is 37.3 Å². The number of hydrogen-bond acceptors (Lipinski definition) is 15. The van der Waals surface area contributed by atoms with E-state index in [0.29, 0.717) is 25.7 Å². The van der Waals surface area contributed by atoms with E-state index in [4.69, 9.17) is 37.0 Å². The van der Waals surface area contributed by atoms with Crippen LogP contribution < -0.4 is 0 Å². The van der Waals surface area contributed by atoms with E-state index < -0.39 is 97.5 Å². The minimum atomic E-state index is -4.96. The summed E-state index contributed by atoms with van der Waals surface area (Å²) in [5, 5.41) is 10.6. The Morgan fingerprint density at radius 1 is 0.330 bits per heavy atom. The number of carbonyl (C=O) groups excluding carboxylic acids is 4. The summed E-state index contributed by atoms with van der Waals surface area (Å²) < 4.78 is 68.4. The maximum absolute atomic E-state index is 13.1. The minimum Gasteiger partial charge on any atom is -0.462 e. The molecule has 19 heteroatoms. The van der Waals surface area contributed by atoms with Gasteiger partial charge in [0.25, 0.3) is 0 Å². The van der Waals surface area contributed by atoms with E-state index >= 15 is 0 Å².